The topological polar surface area (TPSA) is 21.2 Å². The quantitative estimate of drug-likeness (QED) is 0.251. The van der Waals surface area contributed by atoms with Crippen LogP contribution in [0.15, 0.2) is 48.7 Å². The Morgan fingerprint density at radius 3 is 2.29 bits per heavy atom. The molecule has 5 rings (SSSR count). The van der Waals surface area contributed by atoms with E-state index in [2.05, 4.69) is 93.1 Å². The van der Waals surface area contributed by atoms with Gasteiger partial charge in [0.15, 0.2) is 11.0 Å². The summed E-state index contributed by atoms with van der Waals surface area (Å²) < 4.78 is 4.79. The first-order valence-electron chi connectivity index (χ1n) is 11.5. The Morgan fingerprint density at radius 2 is 1.58 bits per heavy atom. The summed E-state index contributed by atoms with van der Waals surface area (Å²) >= 11 is 0. The Bertz CT molecular complexity index is 1450. The lowest BCUT2D eigenvalue weighted by molar-refractivity contribution is -0.617. The van der Waals surface area contributed by atoms with Gasteiger partial charge in [-0.2, -0.15) is 4.40 Å². The van der Waals surface area contributed by atoms with Crippen molar-refractivity contribution in [3.05, 3.63) is 65.4 Å². The number of hydrogen-bond donors (Lipinski definition) is 0. The summed E-state index contributed by atoms with van der Waals surface area (Å²) in [6.07, 6.45) is 4.16. The van der Waals surface area contributed by atoms with Gasteiger partial charge in [0.25, 0.3) is 5.65 Å². The van der Waals surface area contributed by atoms with Gasteiger partial charge >= 0.3 is 0 Å². The maximum atomic E-state index is 4.92. The zero-order valence-corrected chi connectivity index (χ0v) is 19.5. The van der Waals surface area contributed by atoms with Crippen LogP contribution >= 0.6 is 0 Å². The number of rotatable bonds is 4. The monoisotopic (exact) mass is 410 g/mol. The van der Waals surface area contributed by atoms with Gasteiger partial charge < -0.3 is 0 Å². The molecule has 0 atom stereocenters. The summed E-state index contributed by atoms with van der Waals surface area (Å²) in [6.45, 7) is 11.5. The number of imidazole rings is 1. The summed E-state index contributed by atoms with van der Waals surface area (Å²) in [5.74, 6) is 1.25. The number of hydrogen-bond acceptors (Lipinski definition) is 1. The van der Waals surface area contributed by atoms with E-state index in [1.54, 1.807) is 0 Å². The number of pyridine rings is 2. The Labute approximate surface area is 184 Å². The predicted molar refractivity (Wildman–Crippen MR) is 131 cm³/mol. The Hall–Kier alpha value is -2.94. The molecular weight excluding hydrogens is 378 g/mol. The van der Waals surface area contributed by atoms with Gasteiger partial charge in [0, 0.05) is 11.6 Å². The Morgan fingerprint density at radius 1 is 0.903 bits per heavy atom. The first-order valence-corrected chi connectivity index (χ1v) is 11.5. The largest absolute Gasteiger partial charge is 0.297 e. The summed E-state index contributed by atoms with van der Waals surface area (Å²) in [7, 11) is 2.18. The van der Waals surface area contributed by atoms with Crippen LogP contribution in [0.25, 0.3) is 38.5 Å². The number of aromatic nitrogens is 3. The van der Waals surface area contributed by atoms with E-state index in [0.717, 1.165) is 18.4 Å². The molecule has 0 unspecified atom stereocenters. The molecule has 2 aromatic carbocycles. The fourth-order valence-corrected chi connectivity index (χ4v) is 5.19. The van der Waals surface area contributed by atoms with Crippen LogP contribution in [0.1, 0.15) is 44.4 Å². The van der Waals surface area contributed by atoms with Crippen molar-refractivity contribution >= 4 is 38.5 Å². The summed E-state index contributed by atoms with van der Waals surface area (Å²) in [4.78, 5) is 4.92. The molecule has 0 aliphatic heterocycles. The molecule has 0 aliphatic rings. The van der Waals surface area contributed by atoms with Gasteiger partial charge in [-0.1, -0.05) is 39.8 Å². The molecule has 3 heteroatoms. The normalized spacial score (nSPS) is 12.4. The lowest BCUT2D eigenvalue weighted by Gasteiger charge is -2.16. The van der Waals surface area contributed by atoms with E-state index < -0.39 is 0 Å². The van der Waals surface area contributed by atoms with Crippen LogP contribution in [0.2, 0.25) is 0 Å². The van der Waals surface area contributed by atoms with Crippen LogP contribution in [0.3, 0.4) is 0 Å². The van der Waals surface area contributed by atoms with E-state index in [4.69, 9.17) is 4.98 Å². The van der Waals surface area contributed by atoms with Crippen LogP contribution in [-0.4, -0.2) is 9.38 Å². The molecule has 0 saturated carbocycles. The van der Waals surface area contributed by atoms with Crippen LogP contribution < -0.4 is 4.57 Å². The summed E-state index contributed by atoms with van der Waals surface area (Å²) in [5.41, 5.74) is 10.3. The second kappa shape index (κ2) is 7.33. The second-order valence-corrected chi connectivity index (χ2v) is 9.89. The van der Waals surface area contributed by atoms with Crippen molar-refractivity contribution in [3.8, 4) is 0 Å². The molecule has 158 valence electrons. The number of fused-ring (bicyclic) bond motifs is 8. The van der Waals surface area contributed by atoms with Gasteiger partial charge in [0.2, 0.25) is 0 Å². The highest BCUT2D eigenvalue weighted by Gasteiger charge is 2.25. The van der Waals surface area contributed by atoms with Gasteiger partial charge in [-0.3, -0.25) is 4.98 Å². The van der Waals surface area contributed by atoms with E-state index in [-0.39, 0.29) is 0 Å². The molecule has 0 spiro atoms. The molecule has 0 N–H and O–H groups in total. The van der Waals surface area contributed by atoms with Crippen LogP contribution in [0.4, 0.5) is 0 Å². The highest BCUT2D eigenvalue weighted by Crippen LogP contribution is 2.34. The van der Waals surface area contributed by atoms with E-state index in [0.29, 0.717) is 11.8 Å². The standard InChI is InChI=1S/C28H32N3/c1-17(2)13-20-15-22-25(16-21(20)14-18(3)4)31-24-10-8-7-9-23(24)30(6)28(31)26-19(5)11-12-29-27(22)26/h7-12,15-18H,13-14H2,1-6H3/q+1. The highest BCUT2D eigenvalue weighted by atomic mass is 15.1. The molecule has 3 aromatic heterocycles. The molecule has 0 aliphatic carbocycles. The Balaban J connectivity index is 2.05. The highest BCUT2D eigenvalue weighted by molar-refractivity contribution is 6.12. The van der Waals surface area contributed by atoms with E-state index in [1.165, 1.54) is 49.7 Å². The second-order valence-electron chi connectivity index (χ2n) is 9.89. The van der Waals surface area contributed by atoms with Crippen LogP contribution in [-0.2, 0) is 19.9 Å². The molecule has 0 saturated heterocycles. The number of nitrogens with zero attached hydrogens (tertiary/aromatic N) is 3. The fraction of sp³-hybridized carbons (Fsp3) is 0.357. The molecule has 0 radical (unpaired) electrons. The molecule has 0 bridgehead atoms. The zero-order chi connectivity index (χ0) is 21.9. The van der Waals surface area contributed by atoms with Gasteiger partial charge in [-0.25, -0.2) is 4.57 Å². The third-order valence-electron chi connectivity index (χ3n) is 6.47. The van der Waals surface area contributed by atoms with Crippen LogP contribution in [0, 0.1) is 18.8 Å². The smallest absolute Gasteiger partial charge is 0.255 e. The third-order valence-corrected chi connectivity index (χ3v) is 6.47. The third kappa shape index (κ3) is 3.10. The molecule has 0 fully saturated rings. The summed E-state index contributed by atoms with van der Waals surface area (Å²) in [6, 6.07) is 15.8. The lowest BCUT2D eigenvalue weighted by atomic mass is 9.90. The van der Waals surface area contributed by atoms with Crippen molar-refractivity contribution in [2.45, 2.75) is 47.5 Å². The average molecular weight is 411 g/mol. The van der Waals surface area contributed by atoms with Gasteiger partial charge in [-0.15, -0.1) is 0 Å². The maximum Gasteiger partial charge on any atom is 0.297 e. The minimum Gasteiger partial charge on any atom is -0.255 e. The number of benzene rings is 2. The SMILES string of the molecule is Cc1ccnc2c3cc(CC(C)C)c(CC(C)C)cc3n3c4ccccc4[n+](C)c3c12. The number of para-hydroxylation sites is 2. The van der Waals surface area contributed by atoms with E-state index >= 15 is 0 Å². The Kier molecular flexibility index (Phi) is 4.73. The van der Waals surface area contributed by atoms with Crippen molar-refractivity contribution in [1.29, 1.82) is 0 Å². The van der Waals surface area contributed by atoms with Crippen LogP contribution in [0.5, 0.6) is 0 Å². The molecule has 5 aromatic rings. The van der Waals surface area contributed by atoms with Crippen molar-refractivity contribution in [2.75, 3.05) is 0 Å². The molecule has 0 amide bonds. The van der Waals surface area contributed by atoms with Gasteiger partial charge in [-0.05, 0) is 78.6 Å². The summed E-state index contributed by atoms with van der Waals surface area (Å²) in [5, 5.41) is 2.51. The van der Waals surface area contributed by atoms with Crippen molar-refractivity contribution in [1.82, 2.24) is 9.38 Å². The van der Waals surface area contributed by atoms with Crippen molar-refractivity contribution < 1.29 is 4.57 Å². The minimum atomic E-state index is 0.622. The lowest BCUT2D eigenvalue weighted by Crippen LogP contribution is -2.27. The van der Waals surface area contributed by atoms with E-state index in [9.17, 15) is 0 Å². The van der Waals surface area contributed by atoms with Crippen molar-refractivity contribution in [2.24, 2.45) is 18.9 Å². The zero-order valence-electron chi connectivity index (χ0n) is 19.5. The fourth-order valence-electron chi connectivity index (χ4n) is 5.19. The first kappa shape index (κ1) is 20.0. The van der Waals surface area contributed by atoms with Crippen molar-refractivity contribution in [3.63, 3.8) is 0 Å². The predicted octanol–water partition coefficient (Wildman–Crippen LogP) is 6.32. The maximum absolute atomic E-state index is 4.92. The van der Waals surface area contributed by atoms with Gasteiger partial charge in [0.05, 0.1) is 18.0 Å². The molecule has 3 nitrogen and oxygen atoms in total. The average Bonchev–Trinajstić information content (AvgIpc) is 3.01. The number of aryl methyl sites for hydroxylation is 2. The van der Waals surface area contributed by atoms with E-state index in [1.807, 2.05) is 6.20 Å². The minimum absolute atomic E-state index is 0.622. The molecule has 31 heavy (non-hydrogen) atoms. The van der Waals surface area contributed by atoms with Gasteiger partial charge in [0.1, 0.15) is 5.52 Å². The molecular formula is C28H32N3+. The molecule has 3 heterocycles. The first-order chi connectivity index (χ1) is 14.9.